The van der Waals surface area contributed by atoms with Crippen molar-refractivity contribution in [2.24, 2.45) is 5.92 Å². The molecule has 0 spiro atoms. The van der Waals surface area contributed by atoms with E-state index in [2.05, 4.69) is 25.8 Å². The van der Waals surface area contributed by atoms with Crippen molar-refractivity contribution < 1.29 is 4.79 Å². The van der Waals surface area contributed by atoms with E-state index in [1.165, 1.54) is 0 Å². The fourth-order valence-corrected chi connectivity index (χ4v) is 2.21. The highest BCUT2D eigenvalue weighted by molar-refractivity contribution is 5.94. The molecule has 0 bridgehead atoms. The highest BCUT2D eigenvalue weighted by Crippen LogP contribution is 2.25. The summed E-state index contributed by atoms with van der Waals surface area (Å²) in [6.45, 7) is 3.70. The van der Waals surface area contributed by atoms with E-state index in [1.54, 1.807) is 0 Å². The highest BCUT2D eigenvalue weighted by Gasteiger charge is 2.20. The summed E-state index contributed by atoms with van der Waals surface area (Å²) in [5.41, 5.74) is 1.58. The maximum absolute atomic E-state index is 12.0. The number of para-hydroxylation sites is 1. The van der Waals surface area contributed by atoms with Crippen molar-refractivity contribution in [3.63, 3.8) is 0 Å². The Bertz CT molecular complexity index is 618. The van der Waals surface area contributed by atoms with Gasteiger partial charge in [0.2, 0.25) is 5.91 Å². The summed E-state index contributed by atoms with van der Waals surface area (Å²) < 4.78 is 0. The number of aryl methyl sites for hydroxylation is 1. The predicted octanol–water partition coefficient (Wildman–Crippen LogP) is 1.33. The van der Waals surface area contributed by atoms with Crippen molar-refractivity contribution in [3.05, 3.63) is 30.1 Å². The van der Waals surface area contributed by atoms with Gasteiger partial charge < -0.3 is 10.6 Å². The number of nitrogens with one attached hydrogen (secondary N) is 3. The molecule has 1 amide bonds. The third kappa shape index (κ3) is 2.70. The molecule has 0 atom stereocenters. The van der Waals surface area contributed by atoms with E-state index in [0.717, 1.165) is 30.2 Å². The lowest BCUT2D eigenvalue weighted by Gasteiger charge is -2.26. The second-order valence-corrected chi connectivity index (χ2v) is 5.07. The molecule has 0 unspecified atom stereocenters. The normalized spacial score (nSPS) is 14.8. The molecule has 3 N–H and O–H groups in total. The van der Waals surface area contributed by atoms with Crippen LogP contribution in [-0.2, 0) is 4.79 Å². The number of H-pyrrole nitrogens is 1. The molecule has 0 aliphatic carbocycles. The molecule has 6 heteroatoms. The van der Waals surface area contributed by atoms with Crippen molar-refractivity contribution >= 4 is 11.6 Å². The number of aromatic amines is 1. The zero-order valence-electron chi connectivity index (χ0n) is 11.3. The molecule has 0 saturated carbocycles. The van der Waals surface area contributed by atoms with Gasteiger partial charge in [0.25, 0.3) is 0 Å². The minimum atomic E-state index is 0.0382. The Hall–Kier alpha value is -2.21. The second kappa shape index (κ2) is 5.42. The van der Waals surface area contributed by atoms with Crippen LogP contribution in [0.15, 0.2) is 24.3 Å². The largest absolute Gasteiger partial charge is 0.325 e. The summed E-state index contributed by atoms with van der Waals surface area (Å²) in [5.74, 6) is 1.84. The Morgan fingerprint density at radius 3 is 2.85 bits per heavy atom. The molecule has 104 valence electrons. The van der Waals surface area contributed by atoms with E-state index >= 15 is 0 Å². The number of benzene rings is 1. The van der Waals surface area contributed by atoms with E-state index in [9.17, 15) is 4.79 Å². The summed E-state index contributed by atoms with van der Waals surface area (Å²) in [7, 11) is 0. The van der Waals surface area contributed by atoms with Gasteiger partial charge in [0.05, 0.1) is 5.69 Å². The van der Waals surface area contributed by atoms with Crippen LogP contribution in [0.25, 0.3) is 11.4 Å². The van der Waals surface area contributed by atoms with Gasteiger partial charge in [-0.05, 0) is 38.1 Å². The summed E-state index contributed by atoms with van der Waals surface area (Å²) in [4.78, 5) is 16.3. The van der Waals surface area contributed by atoms with Gasteiger partial charge in [-0.1, -0.05) is 12.1 Å². The molecule has 20 heavy (non-hydrogen) atoms. The van der Waals surface area contributed by atoms with Crippen molar-refractivity contribution in [1.82, 2.24) is 20.5 Å². The number of carbonyl (C=O) groups is 1. The first kappa shape index (κ1) is 12.8. The molecule has 1 aromatic heterocycles. The molecule has 1 aromatic carbocycles. The SMILES string of the molecule is Cc1nc(-c2ccccc2NC(=O)CC2CNC2)n[nH]1. The van der Waals surface area contributed by atoms with Crippen LogP contribution in [0.5, 0.6) is 0 Å². The average molecular weight is 271 g/mol. The Balaban J connectivity index is 1.77. The molecule has 2 aromatic rings. The number of hydrogen-bond acceptors (Lipinski definition) is 4. The first-order chi connectivity index (χ1) is 9.72. The van der Waals surface area contributed by atoms with Crippen LogP contribution >= 0.6 is 0 Å². The zero-order valence-corrected chi connectivity index (χ0v) is 11.3. The average Bonchev–Trinajstić information content (AvgIpc) is 2.81. The standard InChI is InChI=1S/C14H17N5O/c1-9-16-14(19-18-9)11-4-2-3-5-12(11)17-13(20)6-10-7-15-8-10/h2-5,10,15H,6-8H2,1H3,(H,17,20)(H,16,18,19). The van der Waals surface area contributed by atoms with Crippen LogP contribution in [0.4, 0.5) is 5.69 Å². The summed E-state index contributed by atoms with van der Waals surface area (Å²) in [5, 5.41) is 13.1. The van der Waals surface area contributed by atoms with Crippen molar-refractivity contribution in [2.75, 3.05) is 18.4 Å². The van der Waals surface area contributed by atoms with Crippen molar-refractivity contribution in [2.45, 2.75) is 13.3 Å². The van der Waals surface area contributed by atoms with E-state index in [4.69, 9.17) is 0 Å². The lowest BCUT2D eigenvalue weighted by molar-refractivity contribution is -0.117. The van der Waals surface area contributed by atoms with Crippen LogP contribution in [-0.4, -0.2) is 34.2 Å². The van der Waals surface area contributed by atoms with Gasteiger partial charge in [-0.3, -0.25) is 9.89 Å². The summed E-state index contributed by atoms with van der Waals surface area (Å²) in [6.07, 6.45) is 0.550. The maximum atomic E-state index is 12.0. The molecule has 1 aliphatic heterocycles. The molecule has 1 saturated heterocycles. The van der Waals surface area contributed by atoms with Crippen LogP contribution < -0.4 is 10.6 Å². The van der Waals surface area contributed by atoms with Gasteiger partial charge in [0.15, 0.2) is 5.82 Å². The Kier molecular flexibility index (Phi) is 3.47. The molecular formula is C14H17N5O. The molecule has 3 rings (SSSR count). The van der Waals surface area contributed by atoms with Crippen LogP contribution in [0, 0.1) is 12.8 Å². The Morgan fingerprint density at radius 2 is 2.20 bits per heavy atom. The van der Waals surface area contributed by atoms with Crippen LogP contribution in [0.1, 0.15) is 12.2 Å². The zero-order chi connectivity index (χ0) is 13.9. The number of hydrogen-bond donors (Lipinski definition) is 3. The number of anilines is 1. The number of aromatic nitrogens is 3. The predicted molar refractivity (Wildman–Crippen MR) is 76.2 cm³/mol. The van der Waals surface area contributed by atoms with Crippen LogP contribution in [0.2, 0.25) is 0 Å². The van der Waals surface area contributed by atoms with Crippen molar-refractivity contribution in [3.8, 4) is 11.4 Å². The topological polar surface area (TPSA) is 82.7 Å². The van der Waals surface area contributed by atoms with E-state index in [-0.39, 0.29) is 5.91 Å². The number of amides is 1. The van der Waals surface area contributed by atoms with Gasteiger partial charge in [0, 0.05) is 12.0 Å². The van der Waals surface area contributed by atoms with Gasteiger partial charge >= 0.3 is 0 Å². The molecule has 0 radical (unpaired) electrons. The first-order valence-electron chi connectivity index (χ1n) is 6.71. The highest BCUT2D eigenvalue weighted by atomic mass is 16.1. The fraction of sp³-hybridized carbons (Fsp3) is 0.357. The van der Waals surface area contributed by atoms with E-state index < -0.39 is 0 Å². The third-order valence-electron chi connectivity index (χ3n) is 3.38. The minimum absolute atomic E-state index is 0.0382. The second-order valence-electron chi connectivity index (χ2n) is 5.07. The minimum Gasteiger partial charge on any atom is -0.325 e. The number of carbonyl (C=O) groups excluding carboxylic acids is 1. The monoisotopic (exact) mass is 271 g/mol. The Labute approximate surface area is 117 Å². The van der Waals surface area contributed by atoms with Gasteiger partial charge in [0.1, 0.15) is 5.82 Å². The Morgan fingerprint density at radius 1 is 1.40 bits per heavy atom. The van der Waals surface area contributed by atoms with Gasteiger partial charge in [-0.25, -0.2) is 4.98 Å². The number of nitrogens with zero attached hydrogens (tertiary/aromatic N) is 2. The van der Waals surface area contributed by atoms with E-state index in [1.807, 2.05) is 31.2 Å². The molecule has 2 heterocycles. The van der Waals surface area contributed by atoms with Crippen LogP contribution in [0.3, 0.4) is 0 Å². The van der Waals surface area contributed by atoms with E-state index in [0.29, 0.717) is 18.2 Å². The number of rotatable bonds is 4. The lowest BCUT2D eigenvalue weighted by Crippen LogP contribution is -2.43. The molecule has 1 aliphatic rings. The first-order valence-corrected chi connectivity index (χ1v) is 6.71. The molecule has 1 fully saturated rings. The van der Waals surface area contributed by atoms with Gasteiger partial charge in [-0.2, -0.15) is 5.10 Å². The third-order valence-corrected chi connectivity index (χ3v) is 3.38. The molecular weight excluding hydrogens is 254 g/mol. The smallest absolute Gasteiger partial charge is 0.224 e. The fourth-order valence-electron chi connectivity index (χ4n) is 2.21. The van der Waals surface area contributed by atoms with Crippen molar-refractivity contribution in [1.29, 1.82) is 0 Å². The summed E-state index contributed by atoms with van der Waals surface area (Å²) in [6, 6.07) is 7.58. The molecule has 6 nitrogen and oxygen atoms in total. The lowest BCUT2D eigenvalue weighted by atomic mass is 9.99. The summed E-state index contributed by atoms with van der Waals surface area (Å²) >= 11 is 0. The van der Waals surface area contributed by atoms with Gasteiger partial charge in [-0.15, -0.1) is 0 Å². The quantitative estimate of drug-likeness (QED) is 0.783. The maximum Gasteiger partial charge on any atom is 0.224 e.